The van der Waals surface area contributed by atoms with Gasteiger partial charge in [0.1, 0.15) is 9.84 Å². The number of hydrogen-bond acceptors (Lipinski definition) is 4. The molecule has 0 aliphatic heterocycles. The minimum atomic E-state index is -3.16. The molecule has 0 unspecified atom stereocenters. The summed E-state index contributed by atoms with van der Waals surface area (Å²) in [6.45, 7) is -0.0157. The van der Waals surface area contributed by atoms with E-state index in [9.17, 15) is 18.0 Å². The van der Waals surface area contributed by atoms with Crippen LogP contribution in [-0.4, -0.2) is 50.6 Å². The molecule has 0 atom stereocenters. The first kappa shape index (κ1) is 17.0. The Balaban J connectivity index is 2.71. The van der Waals surface area contributed by atoms with Gasteiger partial charge < -0.3 is 10.4 Å². The van der Waals surface area contributed by atoms with Crippen molar-refractivity contribution in [3.05, 3.63) is 30.3 Å². The third-order valence-corrected chi connectivity index (χ3v) is 3.56. The molecule has 8 heteroatoms. The summed E-state index contributed by atoms with van der Waals surface area (Å²) in [4.78, 5) is 24.0. The van der Waals surface area contributed by atoms with E-state index in [-0.39, 0.29) is 25.3 Å². The van der Waals surface area contributed by atoms with Crippen LogP contribution in [0.3, 0.4) is 0 Å². The van der Waals surface area contributed by atoms with E-state index in [2.05, 4.69) is 5.32 Å². The lowest BCUT2D eigenvalue weighted by Gasteiger charge is -2.22. The van der Waals surface area contributed by atoms with Gasteiger partial charge in [0, 0.05) is 25.0 Å². The van der Waals surface area contributed by atoms with E-state index >= 15 is 0 Å². The molecule has 1 aromatic rings. The van der Waals surface area contributed by atoms with Crippen LogP contribution < -0.4 is 10.2 Å². The van der Waals surface area contributed by atoms with Gasteiger partial charge in [0.2, 0.25) is 0 Å². The van der Waals surface area contributed by atoms with Gasteiger partial charge in [-0.25, -0.2) is 13.2 Å². The standard InChI is InChI=1S/C13H18N2O5S/c1-21(19,20)10-8-14-13(18)15(9-7-12(16)17)11-5-3-2-4-6-11/h2-6H,7-10H2,1H3,(H,14,18)(H,16,17). The lowest BCUT2D eigenvalue weighted by molar-refractivity contribution is -0.136. The van der Waals surface area contributed by atoms with Gasteiger partial charge in [0.15, 0.2) is 0 Å². The fourth-order valence-corrected chi connectivity index (χ4v) is 2.07. The number of rotatable bonds is 7. The van der Waals surface area contributed by atoms with Gasteiger partial charge >= 0.3 is 12.0 Å². The zero-order chi connectivity index (χ0) is 15.9. The molecule has 0 spiro atoms. The number of carbonyl (C=O) groups excluding carboxylic acids is 1. The highest BCUT2D eigenvalue weighted by atomic mass is 32.2. The van der Waals surface area contributed by atoms with E-state index in [1.807, 2.05) is 0 Å². The van der Waals surface area contributed by atoms with Crippen LogP contribution in [0.1, 0.15) is 6.42 Å². The Hall–Kier alpha value is -2.09. The van der Waals surface area contributed by atoms with Crippen LogP contribution in [0.2, 0.25) is 0 Å². The lowest BCUT2D eigenvalue weighted by Crippen LogP contribution is -2.42. The van der Waals surface area contributed by atoms with Gasteiger partial charge in [0.25, 0.3) is 0 Å². The number of nitrogens with one attached hydrogen (secondary N) is 1. The van der Waals surface area contributed by atoms with E-state index in [0.29, 0.717) is 5.69 Å². The van der Waals surface area contributed by atoms with Crippen molar-refractivity contribution in [2.75, 3.05) is 30.0 Å². The number of hydrogen-bond donors (Lipinski definition) is 2. The van der Waals surface area contributed by atoms with Crippen LogP contribution in [0.5, 0.6) is 0 Å². The third-order valence-electron chi connectivity index (χ3n) is 2.61. The number of nitrogens with zero attached hydrogens (tertiary/aromatic N) is 1. The molecule has 2 amide bonds. The second-order valence-electron chi connectivity index (χ2n) is 4.49. The average molecular weight is 314 g/mol. The smallest absolute Gasteiger partial charge is 0.321 e. The third kappa shape index (κ3) is 6.75. The van der Waals surface area contributed by atoms with Gasteiger partial charge in [0.05, 0.1) is 12.2 Å². The molecule has 7 nitrogen and oxygen atoms in total. The summed E-state index contributed by atoms with van der Waals surface area (Å²) in [6.07, 6.45) is 0.882. The summed E-state index contributed by atoms with van der Waals surface area (Å²) < 4.78 is 22.0. The maximum Gasteiger partial charge on any atom is 0.321 e. The predicted octanol–water partition coefficient (Wildman–Crippen LogP) is 0.722. The fraction of sp³-hybridized carbons (Fsp3) is 0.385. The number of sulfone groups is 1. The van der Waals surface area contributed by atoms with Crippen molar-refractivity contribution >= 4 is 27.5 Å². The number of aliphatic carboxylic acids is 1. The van der Waals surface area contributed by atoms with Crippen LogP contribution in [0.15, 0.2) is 30.3 Å². The number of carbonyl (C=O) groups is 2. The molecule has 0 heterocycles. The van der Waals surface area contributed by atoms with Crippen molar-refractivity contribution in [1.82, 2.24) is 5.32 Å². The number of urea groups is 1. The SMILES string of the molecule is CS(=O)(=O)CCNC(=O)N(CCC(=O)O)c1ccccc1. The van der Waals surface area contributed by atoms with Gasteiger partial charge in [-0.15, -0.1) is 0 Å². The maximum absolute atomic E-state index is 12.1. The Kier molecular flexibility index (Phi) is 6.16. The average Bonchev–Trinajstić information content (AvgIpc) is 2.38. The molecule has 0 radical (unpaired) electrons. The summed E-state index contributed by atoms with van der Waals surface area (Å²) in [5, 5.41) is 11.2. The van der Waals surface area contributed by atoms with Crippen LogP contribution >= 0.6 is 0 Å². The first-order chi connectivity index (χ1) is 9.79. The molecule has 0 aromatic heterocycles. The second-order valence-corrected chi connectivity index (χ2v) is 6.75. The van der Waals surface area contributed by atoms with E-state index in [0.717, 1.165) is 6.26 Å². The Labute approximate surface area is 123 Å². The Bertz CT molecular complexity index is 586. The highest BCUT2D eigenvalue weighted by molar-refractivity contribution is 7.90. The highest BCUT2D eigenvalue weighted by Gasteiger charge is 2.16. The first-order valence-corrected chi connectivity index (χ1v) is 8.35. The van der Waals surface area contributed by atoms with Crippen molar-refractivity contribution in [3.63, 3.8) is 0 Å². The van der Waals surface area contributed by atoms with Gasteiger partial charge in [-0.3, -0.25) is 9.69 Å². The Morgan fingerprint density at radius 2 is 1.86 bits per heavy atom. The molecular formula is C13H18N2O5S. The maximum atomic E-state index is 12.1. The van der Waals surface area contributed by atoms with Crippen molar-refractivity contribution in [1.29, 1.82) is 0 Å². The van der Waals surface area contributed by atoms with Gasteiger partial charge in [-0.2, -0.15) is 0 Å². The van der Waals surface area contributed by atoms with E-state index < -0.39 is 21.8 Å². The van der Waals surface area contributed by atoms with E-state index in [1.165, 1.54) is 4.90 Å². The molecular weight excluding hydrogens is 296 g/mol. The number of benzene rings is 1. The van der Waals surface area contributed by atoms with Crippen LogP contribution in [0, 0.1) is 0 Å². The monoisotopic (exact) mass is 314 g/mol. The first-order valence-electron chi connectivity index (χ1n) is 6.29. The molecule has 0 saturated heterocycles. The summed E-state index contributed by atoms with van der Waals surface area (Å²) in [7, 11) is -3.16. The van der Waals surface area contributed by atoms with Gasteiger partial charge in [-0.05, 0) is 12.1 Å². The Morgan fingerprint density at radius 1 is 1.24 bits per heavy atom. The molecule has 0 aliphatic carbocycles. The van der Waals surface area contributed by atoms with Crippen LogP contribution in [-0.2, 0) is 14.6 Å². The Morgan fingerprint density at radius 3 is 2.38 bits per heavy atom. The molecule has 0 fully saturated rings. The summed E-state index contributed by atoms with van der Waals surface area (Å²) in [5.74, 6) is -1.18. The number of amides is 2. The van der Waals surface area contributed by atoms with Crippen molar-refractivity contribution in [2.24, 2.45) is 0 Å². The highest BCUT2D eigenvalue weighted by Crippen LogP contribution is 2.13. The van der Waals surface area contributed by atoms with Gasteiger partial charge in [-0.1, -0.05) is 18.2 Å². The normalized spacial score (nSPS) is 10.9. The second kappa shape index (κ2) is 7.63. The summed E-state index contributed by atoms with van der Waals surface area (Å²) in [6, 6.07) is 8.07. The minimum absolute atomic E-state index is 0.00402. The summed E-state index contributed by atoms with van der Waals surface area (Å²) >= 11 is 0. The molecule has 0 saturated carbocycles. The largest absolute Gasteiger partial charge is 0.481 e. The fourth-order valence-electron chi connectivity index (χ4n) is 1.60. The van der Waals surface area contributed by atoms with Crippen LogP contribution in [0.4, 0.5) is 10.5 Å². The topological polar surface area (TPSA) is 104 Å². The molecule has 0 aliphatic rings. The number of para-hydroxylation sites is 1. The molecule has 2 N–H and O–H groups in total. The lowest BCUT2D eigenvalue weighted by atomic mass is 10.3. The van der Waals surface area contributed by atoms with E-state index in [1.54, 1.807) is 30.3 Å². The van der Waals surface area contributed by atoms with Crippen molar-refractivity contribution < 1.29 is 23.1 Å². The molecule has 116 valence electrons. The minimum Gasteiger partial charge on any atom is -0.481 e. The number of anilines is 1. The zero-order valence-electron chi connectivity index (χ0n) is 11.7. The quantitative estimate of drug-likeness (QED) is 0.772. The molecule has 0 bridgehead atoms. The number of carboxylic acid groups (broad SMARTS) is 1. The van der Waals surface area contributed by atoms with Crippen molar-refractivity contribution in [2.45, 2.75) is 6.42 Å². The zero-order valence-corrected chi connectivity index (χ0v) is 12.5. The number of carboxylic acids is 1. The molecule has 1 rings (SSSR count). The predicted molar refractivity (Wildman–Crippen MR) is 79.2 cm³/mol. The van der Waals surface area contributed by atoms with E-state index in [4.69, 9.17) is 5.11 Å². The summed E-state index contributed by atoms with van der Waals surface area (Å²) in [5.41, 5.74) is 0.551. The molecule has 1 aromatic carbocycles. The molecule has 21 heavy (non-hydrogen) atoms. The van der Waals surface area contributed by atoms with Crippen molar-refractivity contribution in [3.8, 4) is 0 Å². The van der Waals surface area contributed by atoms with Crippen LogP contribution in [0.25, 0.3) is 0 Å².